The van der Waals surface area contributed by atoms with Crippen LogP contribution in [-0.4, -0.2) is 20.1 Å². The number of methoxy groups -OCH3 is 2. The highest BCUT2D eigenvalue weighted by atomic mass is 16.5. The van der Waals surface area contributed by atoms with Crippen LogP contribution in [-0.2, 0) is 4.79 Å². The minimum atomic E-state index is -0.823. The minimum Gasteiger partial charge on any atom is -0.493 e. The average Bonchev–Trinajstić information content (AvgIpc) is 2.50. The maximum Gasteiger partial charge on any atom is 0.245 e. The number of nitrogens with zero attached hydrogens (tertiary/aromatic N) is 1. The van der Waals surface area contributed by atoms with E-state index in [1.165, 1.54) is 20.3 Å². The predicted octanol–water partition coefficient (Wildman–Crippen LogP) is 3.38. The highest BCUT2D eigenvalue weighted by Crippen LogP contribution is 2.34. The van der Waals surface area contributed by atoms with Crippen molar-refractivity contribution < 1.29 is 14.3 Å². The Morgan fingerprint density at radius 1 is 1.30 bits per heavy atom. The molecular weight excluding hydrogens is 292 g/mol. The maximum atomic E-state index is 12.2. The topological polar surface area (TPSA) is 71.3 Å². The van der Waals surface area contributed by atoms with E-state index in [1.54, 1.807) is 18.2 Å². The third kappa shape index (κ3) is 4.75. The fraction of sp³-hybridized carbons (Fsp3) is 0.444. The second-order valence-electron chi connectivity index (χ2n) is 6.23. The summed E-state index contributed by atoms with van der Waals surface area (Å²) < 4.78 is 10.6. The minimum absolute atomic E-state index is 0.104. The summed E-state index contributed by atoms with van der Waals surface area (Å²) in [6, 6.07) is 6.49. The van der Waals surface area contributed by atoms with Gasteiger partial charge in [0.05, 0.1) is 20.3 Å². The van der Waals surface area contributed by atoms with Gasteiger partial charge in [0.15, 0.2) is 11.5 Å². The number of nitriles is 1. The van der Waals surface area contributed by atoms with Crippen LogP contribution >= 0.6 is 0 Å². The first-order chi connectivity index (χ1) is 10.7. The Balaban J connectivity index is 3.08. The van der Waals surface area contributed by atoms with E-state index in [4.69, 9.17) is 9.47 Å². The van der Waals surface area contributed by atoms with Crippen LogP contribution in [0.25, 0.3) is 0 Å². The summed E-state index contributed by atoms with van der Waals surface area (Å²) in [5.74, 6) is 0.646. The van der Waals surface area contributed by atoms with Crippen molar-refractivity contribution in [1.82, 2.24) is 5.32 Å². The Kier molecular flexibility index (Phi) is 6.20. The first kappa shape index (κ1) is 18.6. The molecule has 1 N–H and O–H groups in total. The molecule has 5 heteroatoms. The summed E-state index contributed by atoms with van der Waals surface area (Å²) in [5.41, 5.74) is 1.39. The Morgan fingerprint density at radius 3 is 2.43 bits per heavy atom. The van der Waals surface area contributed by atoms with Gasteiger partial charge in [-0.15, -0.1) is 0 Å². The van der Waals surface area contributed by atoms with Crippen molar-refractivity contribution in [3.63, 3.8) is 0 Å². The summed E-state index contributed by atoms with van der Waals surface area (Å²) in [6.07, 6.45) is 1.52. The largest absolute Gasteiger partial charge is 0.493 e. The lowest BCUT2D eigenvalue weighted by Crippen LogP contribution is -2.27. The molecule has 1 rings (SSSR count). The molecule has 0 aromatic heterocycles. The van der Waals surface area contributed by atoms with Crippen molar-refractivity contribution in [3.8, 4) is 17.6 Å². The van der Waals surface area contributed by atoms with Crippen molar-refractivity contribution in [3.05, 3.63) is 35.4 Å². The van der Waals surface area contributed by atoms with Gasteiger partial charge in [-0.3, -0.25) is 4.79 Å². The van der Waals surface area contributed by atoms with Gasteiger partial charge in [0.25, 0.3) is 0 Å². The van der Waals surface area contributed by atoms with Crippen LogP contribution in [0.4, 0.5) is 0 Å². The summed E-state index contributed by atoms with van der Waals surface area (Å²) in [5, 5.41) is 12.1. The Labute approximate surface area is 137 Å². The molecule has 0 aliphatic carbocycles. The molecule has 124 valence electrons. The molecule has 5 nitrogen and oxygen atoms in total. The molecule has 1 atom stereocenters. The zero-order valence-electron chi connectivity index (χ0n) is 14.6. The normalized spacial score (nSPS) is 13.0. The molecule has 0 bridgehead atoms. The molecule has 0 spiro atoms. The van der Waals surface area contributed by atoms with Crippen molar-refractivity contribution in [2.45, 2.75) is 33.7 Å². The summed E-state index contributed by atoms with van der Waals surface area (Å²) in [4.78, 5) is 12.2. The number of ether oxygens (including phenoxy) is 2. The lowest BCUT2D eigenvalue weighted by atomic mass is 9.87. The van der Waals surface area contributed by atoms with Crippen LogP contribution in [0.2, 0.25) is 0 Å². The van der Waals surface area contributed by atoms with Crippen LogP contribution in [0.5, 0.6) is 11.5 Å². The fourth-order valence-electron chi connectivity index (χ4n) is 1.92. The lowest BCUT2D eigenvalue weighted by Gasteiger charge is -2.20. The number of amides is 1. The number of hydrogen-bond donors (Lipinski definition) is 1. The van der Waals surface area contributed by atoms with E-state index in [2.05, 4.69) is 11.4 Å². The number of rotatable bonds is 5. The molecule has 0 aliphatic rings. The van der Waals surface area contributed by atoms with Crippen LogP contribution in [0.15, 0.2) is 29.8 Å². The van der Waals surface area contributed by atoms with Crippen molar-refractivity contribution >= 4 is 5.91 Å². The second kappa shape index (κ2) is 7.68. The third-order valence-corrected chi connectivity index (χ3v) is 3.69. The molecule has 0 saturated heterocycles. The van der Waals surface area contributed by atoms with E-state index in [0.29, 0.717) is 17.1 Å². The zero-order chi connectivity index (χ0) is 17.6. The first-order valence-electron chi connectivity index (χ1n) is 7.34. The number of carbonyl (C=O) groups is 1. The van der Waals surface area contributed by atoms with Crippen molar-refractivity contribution in [1.29, 1.82) is 5.26 Å². The van der Waals surface area contributed by atoms with Crippen LogP contribution in [0.1, 0.15) is 39.3 Å². The van der Waals surface area contributed by atoms with Gasteiger partial charge < -0.3 is 14.8 Å². The van der Waals surface area contributed by atoms with Gasteiger partial charge in [-0.2, -0.15) is 5.26 Å². The predicted molar refractivity (Wildman–Crippen MR) is 89.3 cm³/mol. The van der Waals surface area contributed by atoms with Gasteiger partial charge >= 0.3 is 0 Å². The quantitative estimate of drug-likeness (QED) is 0.845. The molecule has 0 saturated carbocycles. The van der Waals surface area contributed by atoms with E-state index in [9.17, 15) is 10.1 Å². The Morgan fingerprint density at radius 2 is 1.96 bits per heavy atom. The molecular formula is C18H24N2O3. The van der Waals surface area contributed by atoms with Gasteiger partial charge in [-0.25, -0.2) is 0 Å². The second-order valence-corrected chi connectivity index (χ2v) is 6.23. The van der Waals surface area contributed by atoms with E-state index >= 15 is 0 Å². The molecule has 0 unspecified atom stereocenters. The number of para-hydroxylation sites is 1. The number of hydrogen-bond acceptors (Lipinski definition) is 4. The molecule has 1 amide bonds. The van der Waals surface area contributed by atoms with E-state index in [0.717, 1.165) is 5.57 Å². The Bertz CT molecular complexity index is 637. The smallest absolute Gasteiger partial charge is 0.245 e. The molecule has 0 radical (unpaired) electrons. The van der Waals surface area contributed by atoms with Crippen molar-refractivity contribution in [2.24, 2.45) is 5.41 Å². The molecule has 0 heterocycles. The van der Waals surface area contributed by atoms with Gasteiger partial charge in [-0.1, -0.05) is 38.5 Å². The molecule has 23 heavy (non-hydrogen) atoms. The summed E-state index contributed by atoms with van der Waals surface area (Å²) >= 11 is 0. The summed E-state index contributed by atoms with van der Waals surface area (Å²) in [6.45, 7) is 7.98. The maximum absolute atomic E-state index is 12.2. The molecule has 1 aromatic rings. The molecule has 0 fully saturated rings. The number of carbonyl (C=O) groups excluding carboxylic acids is 1. The highest BCUT2D eigenvalue weighted by Gasteiger charge is 2.21. The zero-order valence-corrected chi connectivity index (χ0v) is 14.6. The highest BCUT2D eigenvalue weighted by molar-refractivity contribution is 5.89. The van der Waals surface area contributed by atoms with Gasteiger partial charge in [0.2, 0.25) is 5.91 Å². The average molecular weight is 316 g/mol. The first-order valence-corrected chi connectivity index (χ1v) is 7.34. The SMILES string of the molecule is COc1cccc([C@@H](C#N)NC(=O)/C=C(\C)C(C)(C)C)c1OC. The van der Waals surface area contributed by atoms with Crippen LogP contribution in [0.3, 0.4) is 0 Å². The van der Waals surface area contributed by atoms with E-state index in [-0.39, 0.29) is 11.3 Å². The third-order valence-electron chi connectivity index (χ3n) is 3.69. The van der Waals surface area contributed by atoms with Gasteiger partial charge in [0, 0.05) is 11.6 Å². The van der Waals surface area contributed by atoms with E-state index in [1.807, 2.05) is 27.7 Å². The van der Waals surface area contributed by atoms with Gasteiger partial charge in [0.1, 0.15) is 6.04 Å². The van der Waals surface area contributed by atoms with Crippen LogP contribution < -0.4 is 14.8 Å². The Hall–Kier alpha value is -2.48. The standard InChI is InChI=1S/C18H24N2O3/c1-12(18(2,3)4)10-16(21)20-14(11-19)13-8-7-9-15(22-5)17(13)23-6/h7-10,14H,1-6H3,(H,20,21)/b12-10+/t14-/m1/s1. The van der Waals surface area contributed by atoms with Crippen LogP contribution in [0, 0.1) is 16.7 Å². The summed E-state index contributed by atoms with van der Waals surface area (Å²) in [7, 11) is 3.03. The lowest BCUT2D eigenvalue weighted by molar-refractivity contribution is -0.117. The number of nitrogens with one attached hydrogen (secondary N) is 1. The molecule has 1 aromatic carbocycles. The number of benzene rings is 1. The molecule has 0 aliphatic heterocycles. The van der Waals surface area contributed by atoms with Crippen molar-refractivity contribution in [2.75, 3.05) is 14.2 Å². The number of allylic oxidation sites excluding steroid dienone is 1. The monoisotopic (exact) mass is 316 g/mol. The van der Waals surface area contributed by atoms with E-state index < -0.39 is 6.04 Å². The fourth-order valence-corrected chi connectivity index (χ4v) is 1.92. The van der Waals surface area contributed by atoms with Gasteiger partial charge in [-0.05, 0) is 18.4 Å².